The third-order valence-electron chi connectivity index (χ3n) is 5.83. The Bertz CT molecular complexity index is 1010. The van der Waals surface area contributed by atoms with Gasteiger partial charge in [-0.05, 0) is 46.8 Å². The van der Waals surface area contributed by atoms with Gasteiger partial charge < -0.3 is 29.4 Å². The molecule has 156 valence electrons. The molecule has 1 aliphatic carbocycles. The number of hydrogen-bond donors (Lipinski definition) is 1. The number of carbonyl (C=O) groups is 1. The molecule has 1 spiro atoms. The van der Waals surface area contributed by atoms with E-state index in [1.54, 1.807) is 18.4 Å². The van der Waals surface area contributed by atoms with Crippen LogP contribution in [-0.2, 0) is 23.7 Å². The number of rotatable bonds is 3. The third kappa shape index (κ3) is 2.36. The number of nitrogens with zero attached hydrogens (tertiary/aromatic N) is 3. The maximum Gasteiger partial charge on any atom is 0.509 e. The molecule has 0 aromatic carbocycles. The minimum Gasteiger partial charge on any atom is -0.432 e. The van der Waals surface area contributed by atoms with Crippen molar-refractivity contribution < 1.29 is 28.5 Å². The second kappa shape index (κ2) is 5.59. The van der Waals surface area contributed by atoms with Gasteiger partial charge in [-0.25, -0.2) is 14.3 Å². The molecule has 10 heteroatoms. The van der Waals surface area contributed by atoms with Crippen molar-refractivity contribution in [2.45, 2.75) is 76.0 Å². The molecule has 4 heterocycles. The fraction of sp³-hybridized carbons (Fsp3) is 0.632. The van der Waals surface area contributed by atoms with Crippen LogP contribution in [0.15, 0.2) is 18.5 Å². The molecule has 2 aliphatic heterocycles. The molecule has 2 aromatic heterocycles. The zero-order valence-corrected chi connectivity index (χ0v) is 16.9. The lowest BCUT2D eigenvalue weighted by Crippen LogP contribution is -2.34. The van der Waals surface area contributed by atoms with E-state index >= 15 is 0 Å². The molecule has 29 heavy (non-hydrogen) atoms. The molecule has 3 fully saturated rings. The summed E-state index contributed by atoms with van der Waals surface area (Å²) in [6, 6.07) is 3.71. The lowest BCUT2D eigenvalue weighted by Gasteiger charge is -2.24. The van der Waals surface area contributed by atoms with E-state index in [9.17, 15) is 4.79 Å². The summed E-state index contributed by atoms with van der Waals surface area (Å²) in [6.45, 7) is 9.03. The monoisotopic (exact) mass is 404 g/mol. The van der Waals surface area contributed by atoms with Gasteiger partial charge in [0.25, 0.3) is 0 Å². The summed E-state index contributed by atoms with van der Waals surface area (Å²) < 4.78 is 31.3. The van der Waals surface area contributed by atoms with Crippen LogP contribution in [0.3, 0.4) is 0 Å². The van der Waals surface area contributed by atoms with Crippen molar-refractivity contribution in [2.75, 3.05) is 5.73 Å². The normalized spacial score (nSPS) is 36.8. The van der Waals surface area contributed by atoms with Gasteiger partial charge in [-0.15, -0.1) is 0 Å². The second-order valence-corrected chi connectivity index (χ2v) is 8.59. The van der Waals surface area contributed by atoms with Gasteiger partial charge in [-0.3, -0.25) is 0 Å². The Kier molecular flexibility index (Phi) is 3.58. The average molecular weight is 404 g/mol. The van der Waals surface area contributed by atoms with Crippen LogP contribution in [0.4, 0.5) is 10.6 Å². The van der Waals surface area contributed by atoms with Gasteiger partial charge >= 0.3 is 6.16 Å². The van der Waals surface area contributed by atoms with E-state index in [4.69, 9.17) is 29.4 Å². The van der Waals surface area contributed by atoms with E-state index in [2.05, 4.69) is 10.1 Å². The van der Waals surface area contributed by atoms with Gasteiger partial charge in [0.05, 0.1) is 11.8 Å². The Morgan fingerprint density at radius 2 is 2.03 bits per heavy atom. The number of nitrogen functional groups attached to an aromatic ring is 1. The van der Waals surface area contributed by atoms with Crippen LogP contribution in [0.5, 0.6) is 0 Å². The SMILES string of the molecule is CC(C)OC(=O)OC1[C@@]2(C)O[C@@H](c3ccc4c(N)ncnn34)[C@@H]3OC(C)(C)O[C@@]132. The van der Waals surface area contributed by atoms with Crippen LogP contribution >= 0.6 is 0 Å². The maximum atomic E-state index is 12.1. The number of carbonyl (C=O) groups excluding carboxylic acids is 1. The maximum absolute atomic E-state index is 12.1. The van der Waals surface area contributed by atoms with Crippen LogP contribution in [0.1, 0.15) is 46.4 Å². The molecule has 2 saturated heterocycles. The Morgan fingerprint density at radius 1 is 1.28 bits per heavy atom. The standard InChI is InChI=1S/C19H24N4O6/c1-9(2)25-16(24)26-15-18(5)19(15)13(28-17(3,4)29-19)12(27-18)10-6-7-11-14(20)21-8-22-23(10)11/h6-9,12-13,15H,1-5H3,(H2,20,21,22)/t12-,13-,15?,18+,19+/m0/s1. The number of anilines is 1. The van der Waals surface area contributed by atoms with Crippen molar-refractivity contribution in [1.29, 1.82) is 0 Å². The molecule has 0 bridgehead atoms. The summed E-state index contributed by atoms with van der Waals surface area (Å²) in [4.78, 5) is 16.1. The Labute approximate surface area is 167 Å². The molecule has 1 unspecified atom stereocenters. The van der Waals surface area contributed by atoms with E-state index in [0.717, 1.165) is 5.69 Å². The van der Waals surface area contributed by atoms with E-state index in [1.165, 1.54) is 6.33 Å². The van der Waals surface area contributed by atoms with Crippen LogP contribution in [0, 0.1) is 0 Å². The van der Waals surface area contributed by atoms with Crippen molar-refractivity contribution in [3.8, 4) is 0 Å². The highest BCUT2D eigenvalue weighted by molar-refractivity contribution is 5.66. The molecule has 0 radical (unpaired) electrons. The first-order valence-electron chi connectivity index (χ1n) is 9.60. The van der Waals surface area contributed by atoms with Gasteiger partial charge in [0.15, 0.2) is 23.3 Å². The summed E-state index contributed by atoms with van der Waals surface area (Å²) in [5.74, 6) is -0.494. The van der Waals surface area contributed by atoms with Crippen molar-refractivity contribution in [3.63, 3.8) is 0 Å². The molecule has 3 aliphatic rings. The van der Waals surface area contributed by atoms with Crippen LogP contribution < -0.4 is 5.73 Å². The summed E-state index contributed by atoms with van der Waals surface area (Å²) in [6.07, 6.45) is -1.28. The van der Waals surface area contributed by atoms with Crippen molar-refractivity contribution in [2.24, 2.45) is 0 Å². The first-order chi connectivity index (χ1) is 13.6. The highest BCUT2D eigenvalue weighted by atomic mass is 16.8. The Hall–Kier alpha value is -2.43. The second-order valence-electron chi connectivity index (χ2n) is 8.59. The van der Waals surface area contributed by atoms with Gasteiger partial charge in [0.1, 0.15) is 29.7 Å². The predicted molar refractivity (Wildman–Crippen MR) is 98.9 cm³/mol. The first-order valence-corrected chi connectivity index (χ1v) is 9.60. The lowest BCUT2D eigenvalue weighted by molar-refractivity contribution is -0.186. The zero-order chi connectivity index (χ0) is 20.8. The molecule has 2 aromatic rings. The molecule has 5 rings (SSSR count). The average Bonchev–Trinajstić information content (AvgIpc) is 3.00. The minimum atomic E-state index is -0.931. The first kappa shape index (κ1) is 18.6. The third-order valence-corrected chi connectivity index (χ3v) is 5.83. The molecule has 10 nitrogen and oxygen atoms in total. The Morgan fingerprint density at radius 3 is 2.76 bits per heavy atom. The molecular weight excluding hydrogens is 380 g/mol. The summed E-state index contributed by atoms with van der Waals surface area (Å²) in [5.41, 5.74) is 5.58. The number of nitrogens with two attached hydrogens (primary N) is 1. The molecule has 2 N–H and O–H groups in total. The van der Waals surface area contributed by atoms with Gasteiger partial charge in [0, 0.05) is 0 Å². The highest BCUT2D eigenvalue weighted by Crippen LogP contribution is 2.71. The molecule has 5 atom stereocenters. The van der Waals surface area contributed by atoms with Gasteiger partial charge in [0.2, 0.25) is 0 Å². The van der Waals surface area contributed by atoms with Crippen molar-refractivity contribution >= 4 is 17.5 Å². The van der Waals surface area contributed by atoms with E-state index in [1.807, 2.05) is 32.9 Å². The molecular formula is C19H24N4O6. The van der Waals surface area contributed by atoms with Crippen LogP contribution in [0.2, 0.25) is 0 Å². The fourth-order valence-corrected chi connectivity index (χ4v) is 4.70. The number of fused-ring (bicyclic) bond motifs is 1. The summed E-state index contributed by atoms with van der Waals surface area (Å²) in [7, 11) is 0. The zero-order valence-electron chi connectivity index (χ0n) is 16.9. The Balaban J connectivity index is 1.50. The quantitative estimate of drug-likeness (QED) is 0.766. The van der Waals surface area contributed by atoms with Crippen LogP contribution in [-0.4, -0.2) is 56.1 Å². The summed E-state index contributed by atoms with van der Waals surface area (Å²) in [5, 5.41) is 4.30. The van der Waals surface area contributed by atoms with Gasteiger partial charge in [-0.1, -0.05) is 0 Å². The fourth-order valence-electron chi connectivity index (χ4n) is 4.70. The van der Waals surface area contributed by atoms with E-state index in [-0.39, 0.29) is 6.10 Å². The molecule has 0 amide bonds. The predicted octanol–water partition coefficient (Wildman–Crippen LogP) is 1.98. The topological polar surface area (TPSA) is 119 Å². The minimum absolute atomic E-state index is 0.287. The smallest absolute Gasteiger partial charge is 0.432 e. The van der Waals surface area contributed by atoms with Gasteiger partial charge in [-0.2, -0.15) is 5.10 Å². The lowest BCUT2D eigenvalue weighted by atomic mass is 10.0. The van der Waals surface area contributed by atoms with Crippen molar-refractivity contribution in [1.82, 2.24) is 14.6 Å². The van der Waals surface area contributed by atoms with Crippen LogP contribution in [0.25, 0.3) is 5.52 Å². The highest BCUT2D eigenvalue weighted by Gasteiger charge is 2.92. The number of ether oxygens (including phenoxy) is 5. The largest absolute Gasteiger partial charge is 0.509 e. The number of hydrogen-bond acceptors (Lipinski definition) is 9. The van der Waals surface area contributed by atoms with E-state index < -0.39 is 41.5 Å². The molecule has 1 saturated carbocycles. The van der Waals surface area contributed by atoms with Crippen molar-refractivity contribution in [3.05, 3.63) is 24.2 Å². The van der Waals surface area contributed by atoms with E-state index in [0.29, 0.717) is 11.3 Å². The summed E-state index contributed by atoms with van der Waals surface area (Å²) >= 11 is 0. The number of aromatic nitrogens is 3.